The van der Waals surface area contributed by atoms with Crippen molar-refractivity contribution in [3.05, 3.63) is 70.6 Å². The first-order valence-electron chi connectivity index (χ1n) is 7.56. The number of ketones is 2. The summed E-state index contributed by atoms with van der Waals surface area (Å²) in [5.41, 5.74) is -0.897. The summed E-state index contributed by atoms with van der Waals surface area (Å²) in [7, 11) is 0. The fourth-order valence-electron chi connectivity index (χ4n) is 2.62. The Labute approximate surface area is 145 Å². The number of halogens is 3. The maximum atomic E-state index is 13.0. The molecule has 2 nitrogen and oxygen atoms in total. The number of thiophene rings is 1. The van der Waals surface area contributed by atoms with Gasteiger partial charge in [0.2, 0.25) is 0 Å². The van der Waals surface area contributed by atoms with Crippen LogP contribution >= 0.6 is 11.3 Å². The van der Waals surface area contributed by atoms with E-state index in [4.69, 9.17) is 0 Å². The summed E-state index contributed by atoms with van der Waals surface area (Å²) < 4.78 is 40.0. The van der Waals surface area contributed by atoms with Gasteiger partial charge in [-0.2, -0.15) is 13.2 Å². The summed E-state index contributed by atoms with van der Waals surface area (Å²) in [6, 6.07) is 11.8. The van der Waals surface area contributed by atoms with Gasteiger partial charge in [0.05, 0.1) is 5.56 Å². The van der Waals surface area contributed by atoms with Gasteiger partial charge in [0.25, 0.3) is 0 Å². The second-order valence-corrected chi connectivity index (χ2v) is 6.51. The van der Waals surface area contributed by atoms with E-state index in [1.165, 1.54) is 12.1 Å². The number of Topliss-reactive ketones (excluding diaryl/α,β-unsaturated/α-hetero) is 2. The lowest BCUT2D eigenvalue weighted by molar-refractivity contribution is -0.137. The van der Waals surface area contributed by atoms with Crippen LogP contribution < -0.4 is 0 Å². The SMILES string of the molecule is O=C(CCC(=O)c1ccccc1C(F)(F)F)c1ccc2sccc2c1. The Bertz CT molecular complexity index is 941. The molecule has 6 heteroatoms. The Morgan fingerprint density at radius 3 is 2.40 bits per heavy atom. The van der Waals surface area contributed by atoms with Crippen LogP contribution in [0.25, 0.3) is 10.1 Å². The summed E-state index contributed by atoms with van der Waals surface area (Å²) in [5, 5.41) is 2.85. The zero-order chi connectivity index (χ0) is 18.0. The van der Waals surface area contributed by atoms with Crippen LogP contribution in [-0.2, 0) is 6.18 Å². The first-order valence-corrected chi connectivity index (χ1v) is 8.44. The van der Waals surface area contributed by atoms with Gasteiger partial charge in [-0.15, -0.1) is 11.3 Å². The molecule has 1 heterocycles. The van der Waals surface area contributed by atoms with E-state index >= 15 is 0 Å². The van der Waals surface area contributed by atoms with Gasteiger partial charge < -0.3 is 0 Å². The summed E-state index contributed by atoms with van der Waals surface area (Å²) in [4.78, 5) is 24.4. The van der Waals surface area contributed by atoms with E-state index in [9.17, 15) is 22.8 Å². The van der Waals surface area contributed by atoms with Gasteiger partial charge in [-0.3, -0.25) is 9.59 Å². The van der Waals surface area contributed by atoms with Crippen molar-refractivity contribution in [3.8, 4) is 0 Å². The van der Waals surface area contributed by atoms with Crippen LogP contribution in [0.3, 0.4) is 0 Å². The molecule has 3 aromatic rings. The van der Waals surface area contributed by atoms with Crippen LogP contribution in [0, 0.1) is 0 Å². The molecule has 0 saturated heterocycles. The minimum Gasteiger partial charge on any atom is -0.294 e. The zero-order valence-corrected chi connectivity index (χ0v) is 13.8. The summed E-state index contributed by atoms with van der Waals surface area (Å²) >= 11 is 1.56. The van der Waals surface area contributed by atoms with Crippen LogP contribution in [0.5, 0.6) is 0 Å². The molecule has 3 rings (SSSR count). The third kappa shape index (κ3) is 3.79. The van der Waals surface area contributed by atoms with Crippen molar-refractivity contribution in [1.82, 2.24) is 0 Å². The molecule has 25 heavy (non-hydrogen) atoms. The van der Waals surface area contributed by atoms with Crippen molar-refractivity contribution in [2.24, 2.45) is 0 Å². The molecule has 0 saturated carbocycles. The average molecular weight is 362 g/mol. The standard InChI is InChI=1S/C19H13F3O2S/c20-19(21,22)15-4-2-1-3-14(15)17(24)7-6-16(23)12-5-8-18-13(11-12)9-10-25-18/h1-5,8-11H,6-7H2. The minimum absolute atomic E-state index is 0.124. The lowest BCUT2D eigenvalue weighted by Crippen LogP contribution is -2.14. The Balaban J connectivity index is 1.73. The first kappa shape index (κ1) is 17.4. The van der Waals surface area contributed by atoms with Gasteiger partial charge in [0, 0.05) is 28.7 Å². The number of rotatable bonds is 5. The molecule has 0 aliphatic heterocycles. The molecule has 2 aromatic carbocycles. The number of fused-ring (bicyclic) bond motifs is 1. The van der Waals surface area contributed by atoms with Gasteiger partial charge in [0.1, 0.15) is 0 Å². The zero-order valence-electron chi connectivity index (χ0n) is 13.0. The second-order valence-electron chi connectivity index (χ2n) is 5.56. The van der Waals surface area contributed by atoms with E-state index in [1.54, 1.807) is 23.5 Å². The molecule has 128 valence electrons. The Morgan fingerprint density at radius 2 is 1.64 bits per heavy atom. The highest BCUT2D eigenvalue weighted by Crippen LogP contribution is 2.32. The Hall–Kier alpha value is -2.47. The van der Waals surface area contributed by atoms with E-state index in [0.29, 0.717) is 5.56 Å². The van der Waals surface area contributed by atoms with E-state index in [1.807, 2.05) is 17.5 Å². The fourth-order valence-corrected chi connectivity index (χ4v) is 3.39. The molecule has 0 fully saturated rings. The highest BCUT2D eigenvalue weighted by Gasteiger charge is 2.34. The van der Waals surface area contributed by atoms with E-state index in [0.717, 1.165) is 22.2 Å². The van der Waals surface area contributed by atoms with Crippen LogP contribution in [-0.4, -0.2) is 11.6 Å². The quantitative estimate of drug-likeness (QED) is 0.540. The third-order valence-electron chi connectivity index (χ3n) is 3.89. The van der Waals surface area contributed by atoms with Crippen molar-refractivity contribution >= 4 is 33.0 Å². The van der Waals surface area contributed by atoms with Gasteiger partial charge in [-0.25, -0.2) is 0 Å². The predicted octanol–water partition coefficient (Wildman–Crippen LogP) is 5.77. The van der Waals surface area contributed by atoms with Crippen LogP contribution in [0.4, 0.5) is 13.2 Å². The number of hydrogen-bond donors (Lipinski definition) is 0. The lowest BCUT2D eigenvalue weighted by Gasteiger charge is -2.11. The Kier molecular flexibility index (Phi) is 4.72. The minimum atomic E-state index is -4.60. The van der Waals surface area contributed by atoms with Crippen molar-refractivity contribution < 1.29 is 22.8 Å². The molecular formula is C19H13F3O2S. The normalized spacial score (nSPS) is 11.6. The lowest BCUT2D eigenvalue weighted by atomic mass is 9.97. The number of carbonyl (C=O) groups excluding carboxylic acids is 2. The number of hydrogen-bond acceptors (Lipinski definition) is 3. The molecule has 0 radical (unpaired) electrons. The highest BCUT2D eigenvalue weighted by atomic mass is 32.1. The van der Waals surface area contributed by atoms with Crippen molar-refractivity contribution in [2.75, 3.05) is 0 Å². The smallest absolute Gasteiger partial charge is 0.294 e. The van der Waals surface area contributed by atoms with Crippen molar-refractivity contribution in [2.45, 2.75) is 19.0 Å². The van der Waals surface area contributed by atoms with Crippen molar-refractivity contribution in [1.29, 1.82) is 0 Å². The number of alkyl halides is 3. The monoisotopic (exact) mass is 362 g/mol. The molecule has 0 spiro atoms. The van der Waals surface area contributed by atoms with Crippen molar-refractivity contribution in [3.63, 3.8) is 0 Å². The molecule has 0 N–H and O–H groups in total. The third-order valence-corrected chi connectivity index (χ3v) is 4.78. The molecule has 0 aliphatic carbocycles. The molecule has 0 atom stereocenters. The largest absolute Gasteiger partial charge is 0.417 e. The van der Waals surface area contributed by atoms with E-state index in [-0.39, 0.29) is 18.6 Å². The van der Waals surface area contributed by atoms with Gasteiger partial charge in [-0.05, 0) is 41.1 Å². The Morgan fingerprint density at radius 1 is 0.920 bits per heavy atom. The highest BCUT2D eigenvalue weighted by molar-refractivity contribution is 7.17. The molecule has 0 bridgehead atoms. The van der Waals surface area contributed by atoms with Crippen LogP contribution in [0.1, 0.15) is 39.1 Å². The summed E-state index contributed by atoms with van der Waals surface area (Å²) in [6.45, 7) is 0. The molecule has 0 amide bonds. The van der Waals surface area contributed by atoms with Crippen LogP contribution in [0.15, 0.2) is 53.9 Å². The molecular weight excluding hydrogens is 349 g/mol. The van der Waals surface area contributed by atoms with Gasteiger partial charge in [-0.1, -0.05) is 18.2 Å². The molecule has 1 aromatic heterocycles. The van der Waals surface area contributed by atoms with E-state index in [2.05, 4.69) is 0 Å². The second kappa shape index (κ2) is 6.80. The number of carbonyl (C=O) groups is 2. The maximum absolute atomic E-state index is 13.0. The predicted molar refractivity (Wildman–Crippen MR) is 91.2 cm³/mol. The summed E-state index contributed by atoms with van der Waals surface area (Å²) in [5.74, 6) is -0.941. The molecule has 0 aliphatic rings. The summed E-state index contributed by atoms with van der Waals surface area (Å²) in [6.07, 6.45) is -4.98. The van der Waals surface area contributed by atoms with Gasteiger partial charge >= 0.3 is 6.18 Å². The van der Waals surface area contributed by atoms with E-state index < -0.39 is 23.1 Å². The fraction of sp³-hybridized carbons (Fsp3) is 0.158. The maximum Gasteiger partial charge on any atom is 0.417 e. The molecule has 0 unspecified atom stereocenters. The van der Waals surface area contributed by atoms with Crippen LogP contribution in [0.2, 0.25) is 0 Å². The van der Waals surface area contributed by atoms with Gasteiger partial charge in [0.15, 0.2) is 11.6 Å². The topological polar surface area (TPSA) is 34.1 Å². The number of benzene rings is 2. The average Bonchev–Trinajstić information content (AvgIpc) is 3.06. The first-order chi connectivity index (χ1) is 11.9.